The molecule has 20 heavy (non-hydrogen) atoms. The van der Waals surface area contributed by atoms with Gasteiger partial charge in [0.15, 0.2) is 0 Å². The maximum absolute atomic E-state index is 12.4. The molecule has 2 rings (SSSR count). The van der Waals surface area contributed by atoms with E-state index in [1.54, 1.807) is 36.1 Å². The number of carboxylic acids is 1. The molecule has 1 aromatic rings. The van der Waals surface area contributed by atoms with E-state index in [-0.39, 0.29) is 6.03 Å². The van der Waals surface area contributed by atoms with Crippen molar-refractivity contribution in [3.63, 3.8) is 0 Å². The Hall–Kier alpha value is -1.76. The lowest BCUT2D eigenvalue weighted by Gasteiger charge is -2.35. The molecule has 0 bridgehead atoms. The number of rotatable bonds is 3. The minimum absolute atomic E-state index is 0.241. The second-order valence-corrected chi connectivity index (χ2v) is 5.77. The van der Waals surface area contributed by atoms with Crippen molar-refractivity contribution in [3.8, 4) is 0 Å². The van der Waals surface area contributed by atoms with Gasteiger partial charge in [0.25, 0.3) is 0 Å². The van der Waals surface area contributed by atoms with Gasteiger partial charge >= 0.3 is 12.0 Å². The zero-order valence-electron chi connectivity index (χ0n) is 11.2. The fourth-order valence-electron chi connectivity index (χ4n) is 2.09. The third-order valence-corrected chi connectivity index (χ3v) is 4.18. The van der Waals surface area contributed by atoms with Crippen LogP contribution in [-0.4, -0.2) is 63.0 Å². The number of urea groups is 1. The number of carbonyl (C=O) groups excluding carboxylic acids is 1. The Morgan fingerprint density at radius 2 is 2.20 bits per heavy atom. The van der Waals surface area contributed by atoms with E-state index in [1.807, 2.05) is 12.1 Å². The van der Waals surface area contributed by atoms with Crippen LogP contribution < -0.4 is 0 Å². The van der Waals surface area contributed by atoms with Crippen LogP contribution in [0.15, 0.2) is 24.5 Å². The first-order valence-corrected chi connectivity index (χ1v) is 7.46. The number of nitrogens with zero attached hydrogens (tertiary/aromatic N) is 3. The zero-order chi connectivity index (χ0) is 14.5. The maximum atomic E-state index is 12.4. The predicted molar refractivity (Wildman–Crippen MR) is 76.6 cm³/mol. The van der Waals surface area contributed by atoms with Crippen molar-refractivity contribution in [1.29, 1.82) is 0 Å². The van der Waals surface area contributed by atoms with E-state index in [1.165, 1.54) is 4.90 Å². The smallest absolute Gasteiger partial charge is 0.327 e. The summed E-state index contributed by atoms with van der Waals surface area (Å²) in [7, 11) is 1.68. The summed E-state index contributed by atoms with van der Waals surface area (Å²) in [6.45, 7) is 0.915. The molecule has 1 aliphatic heterocycles. The number of hydrogen-bond acceptors (Lipinski definition) is 4. The lowest BCUT2D eigenvalue weighted by Crippen LogP contribution is -2.53. The minimum Gasteiger partial charge on any atom is -0.480 e. The number of carbonyl (C=O) groups is 2. The molecule has 1 aliphatic rings. The summed E-state index contributed by atoms with van der Waals surface area (Å²) in [6, 6.07) is 2.70. The van der Waals surface area contributed by atoms with Crippen molar-refractivity contribution < 1.29 is 14.7 Å². The highest BCUT2D eigenvalue weighted by Gasteiger charge is 2.33. The van der Waals surface area contributed by atoms with E-state index in [0.717, 1.165) is 11.3 Å². The van der Waals surface area contributed by atoms with Crippen LogP contribution in [0.4, 0.5) is 4.79 Å². The fraction of sp³-hybridized carbons (Fsp3) is 0.462. The second-order valence-electron chi connectivity index (χ2n) is 4.62. The summed E-state index contributed by atoms with van der Waals surface area (Å²) >= 11 is 1.57. The molecule has 7 heteroatoms. The first-order valence-electron chi connectivity index (χ1n) is 6.31. The van der Waals surface area contributed by atoms with Crippen molar-refractivity contribution in [2.24, 2.45) is 0 Å². The van der Waals surface area contributed by atoms with Crippen molar-refractivity contribution in [2.45, 2.75) is 12.6 Å². The van der Waals surface area contributed by atoms with Gasteiger partial charge in [-0.1, -0.05) is 0 Å². The van der Waals surface area contributed by atoms with Crippen LogP contribution in [0.25, 0.3) is 0 Å². The largest absolute Gasteiger partial charge is 0.480 e. The van der Waals surface area contributed by atoms with Crippen molar-refractivity contribution in [2.75, 3.05) is 25.1 Å². The van der Waals surface area contributed by atoms with Crippen LogP contribution in [0.2, 0.25) is 0 Å². The number of aliphatic carboxylic acids is 1. The summed E-state index contributed by atoms with van der Waals surface area (Å²) < 4.78 is 0. The molecule has 1 unspecified atom stereocenters. The number of aromatic nitrogens is 1. The van der Waals surface area contributed by atoms with Gasteiger partial charge in [-0.15, -0.1) is 0 Å². The maximum Gasteiger partial charge on any atom is 0.327 e. The molecule has 1 fully saturated rings. The molecule has 2 heterocycles. The molecule has 0 radical (unpaired) electrons. The number of hydrogen-bond donors (Lipinski definition) is 1. The van der Waals surface area contributed by atoms with Crippen LogP contribution in [-0.2, 0) is 11.3 Å². The van der Waals surface area contributed by atoms with Crippen LogP contribution in [0.1, 0.15) is 5.56 Å². The normalized spacial score (nSPS) is 18.6. The molecular formula is C13H17N3O3S. The second kappa shape index (κ2) is 6.60. The Bertz CT molecular complexity index is 483. The van der Waals surface area contributed by atoms with Gasteiger partial charge in [0, 0.05) is 44.0 Å². The van der Waals surface area contributed by atoms with Crippen molar-refractivity contribution >= 4 is 23.8 Å². The molecule has 1 aromatic heterocycles. The van der Waals surface area contributed by atoms with Gasteiger partial charge in [-0.25, -0.2) is 9.59 Å². The Morgan fingerprint density at radius 1 is 1.50 bits per heavy atom. The molecule has 1 atom stereocenters. The fourth-order valence-corrected chi connectivity index (χ4v) is 3.12. The van der Waals surface area contributed by atoms with E-state index in [9.17, 15) is 14.7 Å². The Kier molecular flexibility index (Phi) is 4.84. The standard InChI is InChI=1S/C13H17N3O3S/c1-15(8-10-2-4-14-5-3-10)13(19)16-6-7-20-9-11(16)12(17)18/h2-5,11H,6-9H2,1H3,(H,17,18). The van der Waals surface area contributed by atoms with Gasteiger partial charge in [0.05, 0.1) is 0 Å². The van der Waals surface area contributed by atoms with Gasteiger partial charge in [-0.05, 0) is 17.7 Å². The van der Waals surface area contributed by atoms with Gasteiger partial charge in [-0.3, -0.25) is 4.98 Å². The SMILES string of the molecule is CN(Cc1ccncc1)C(=O)N1CCSCC1C(=O)O. The lowest BCUT2D eigenvalue weighted by molar-refractivity contribution is -0.141. The lowest BCUT2D eigenvalue weighted by atomic mass is 10.2. The van der Waals surface area contributed by atoms with E-state index in [0.29, 0.717) is 18.8 Å². The van der Waals surface area contributed by atoms with Crippen LogP contribution >= 0.6 is 11.8 Å². The van der Waals surface area contributed by atoms with Crippen LogP contribution in [0.3, 0.4) is 0 Å². The van der Waals surface area contributed by atoms with Crippen molar-refractivity contribution in [1.82, 2.24) is 14.8 Å². The van der Waals surface area contributed by atoms with Crippen LogP contribution in [0.5, 0.6) is 0 Å². The Balaban J connectivity index is 2.03. The molecule has 1 N–H and O–H groups in total. The molecule has 1 saturated heterocycles. The molecule has 0 aliphatic carbocycles. The number of carboxylic acid groups (broad SMARTS) is 1. The molecule has 108 valence electrons. The third kappa shape index (κ3) is 3.41. The molecule has 2 amide bonds. The van der Waals surface area contributed by atoms with Gasteiger partial charge in [0.1, 0.15) is 6.04 Å². The summed E-state index contributed by atoms with van der Waals surface area (Å²) in [4.78, 5) is 30.5. The first kappa shape index (κ1) is 14.6. The Labute approximate surface area is 121 Å². The average Bonchev–Trinajstić information content (AvgIpc) is 2.47. The van der Waals surface area contributed by atoms with Crippen molar-refractivity contribution in [3.05, 3.63) is 30.1 Å². The Morgan fingerprint density at radius 3 is 2.85 bits per heavy atom. The van der Waals surface area contributed by atoms with Gasteiger partial charge in [-0.2, -0.15) is 11.8 Å². The molecule has 0 saturated carbocycles. The average molecular weight is 295 g/mol. The van der Waals surface area contributed by atoms with E-state index in [4.69, 9.17) is 0 Å². The number of amides is 2. The predicted octanol–water partition coefficient (Wildman–Crippen LogP) is 1.14. The zero-order valence-corrected chi connectivity index (χ0v) is 12.0. The van der Waals surface area contributed by atoms with E-state index < -0.39 is 12.0 Å². The monoisotopic (exact) mass is 295 g/mol. The van der Waals surface area contributed by atoms with Gasteiger partial charge < -0.3 is 14.9 Å². The molecule has 0 spiro atoms. The highest BCUT2D eigenvalue weighted by atomic mass is 32.2. The number of pyridine rings is 1. The van der Waals surface area contributed by atoms with E-state index >= 15 is 0 Å². The molecule has 6 nitrogen and oxygen atoms in total. The first-order chi connectivity index (χ1) is 9.59. The summed E-state index contributed by atoms with van der Waals surface area (Å²) in [5, 5.41) is 9.20. The number of thioether (sulfide) groups is 1. The van der Waals surface area contributed by atoms with Crippen LogP contribution in [0, 0.1) is 0 Å². The summed E-state index contributed by atoms with van der Waals surface area (Å²) in [5.41, 5.74) is 0.967. The topological polar surface area (TPSA) is 73.7 Å². The molecular weight excluding hydrogens is 278 g/mol. The quantitative estimate of drug-likeness (QED) is 0.905. The minimum atomic E-state index is -0.942. The van der Waals surface area contributed by atoms with E-state index in [2.05, 4.69) is 4.98 Å². The summed E-state index contributed by atoms with van der Waals surface area (Å²) in [5.74, 6) is 0.283. The highest BCUT2D eigenvalue weighted by Crippen LogP contribution is 2.18. The summed E-state index contributed by atoms with van der Waals surface area (Å²) in [6.07, 6.45) is 3.34. The third-order valence-electron chi connectivity index (χ3n) is 3.15. The molecule has 0 aromatic carbocycles. The highest BCUT2D eigenvalue weighted by molar-refractivity contribution is 7.99. The van der Waals surface area contributed by atoms with Gasteiger partial charge in [0.2, 0.25) is 0 Å².